The summed E-state index contributed by atoms with van der Waals surface area (Å²) in [5, 5.41) is 16.2. The van der Waals surface area contributed by atoms with Gasteiger partial charge in [0.15, 0.2) is 11.4 Å². The zero-order valence-corrected chi connectivity index (χ0v) is 21.9. The van der Waals surface area contributed by atoms with Gasteiger partial charge >= 0.3 is 6.18 Å². The molecular formula is C25H26ClF3N6O3. The highest BCUT2D eigenvalue weighted by molar-refractivity contribution is 6.36. The molecule has 3 aromatic heterocycles. The lowest BCUT2D eigenvalue weighted by Gasteiger charge is -2.25. The van der Waals surface area contributed by atoms with E-state index in [1.54, 1.807) is 24.4 Å². The van der Waals surface area contributed by atoms with E-state index in [2.05, 4.69) is 25.0 Å². The molecule has 0 saturated carbocycles. The van der Waals surface area contributed by atoms with E-state index in [1.165, 1.54) is 7.11 Å². The highest BCUT2D eigenvalue weighted by Crippen LogP contribution is 2.47. The molecule has 2 N–H and O–H groups in total. The zero-order chi connectivity index (χ0) is 27.4. The van der Waals surface area contributed by atoms with Crippen LogP contribution in [0, 0.1) is 13.8 Å². The van der Waals surface area contributed by atoms with Gasteiger partial charge in [0.1, 0.15) is 23.9 Å². The molecule has 5 rings (SSSR count). The number of fused-ring (bicyclic) bond motifs is 4. The van der Waals surface area contributed by atoms with Crippen LogP contribution in [0.1, 0.15) is 34.2 Å². The van der Waals surface area contributed by atoms with Crippen LogP contribution in [0.2, 0.25) is 5.02 Å². The van der Waals surface area contributed by atoms with Crippen molar-refractivity contribution in [2.45, 2.75) is 32.2 Å². The quantitative estimate of drug-likeness (QED) is 0.323. The number of nitrogens with one attached hydrogen (secondary N) is 1. The summed E-state index contributed by atoms with van der Waals surface area (Å²) in [6.45, 7) is 2.64. The maximum Gasteiger partial charge on any atom is 0.411 e. The second kappa shape index (κ2) is 9.53. The Kier molecular flexibility index (Phi) is 6.62. The van der Waals surface area contributed by atoms with Gasteiger partial charge in [-0.25, -0.2) is 15.0 Å². The lowest BCUT2D eigenvalue weighted by Crippen LogP contribution is -2.29. The maximum absolute atomic E-state index is 12.3. The number of halogens is 4. The Bertz CT molecular complexity index is 1530. The first kappa shape index (κ1) is 26.4. The summed E-state index contributed by atoms with van der Waals surface area (Å²) in [4.78, 5) is 13.6. The van der Waals surface area contributed by atoms with Crippen molar-refractivity contribution in [2.24, 2.45) is 7.05 Å². The Morgan fingerprint density at radius 2 is 1.95 bits per heavy atom. The minimum absolute atomic E-state index is 0.128. The number of aromatic nitrogens is 5. The fraction of sp³-hybridized carbons (Fsp3) is 0.400. The van der Waals surface area contributed by atoms with Crippen molar-refractivity contribution in [2.75, 3.05) is 26.9 Å². The minimum Gasteiger partial charge on any atom is -0.481 e. The van der Waals surface area contributed by atoms with Crippen molar-refractivity contribution < 1.29 is 27.8 Å². The van der Waals surface area contributed by atoms with Crippen molar-refractivity contribution in [3.8, 4) is 11.7 Å². The van der Waals surface area contributed by atoms with E-state index in [1.807, 2.05) is 30.0 Å². The van der Waals surface area contributed by atoms with E-state index >= 15 is 0 Å². The van der Waals surface area contributed by atoms with Crippen LogP contribution in [-0.2, 0) is 23.9 Å². The van der Waals surface area contributed by atoms with Crippen LogP contribution in [-0.4, -0.2) is 62.2 Å². The number of hydrogen-bond donors (Lipinski definition) is 2. The van der Waals surface area contributed by atoms with Crippen LogP contribution in [0.15, 0.2) is 24.4 Å². The van der Waals surface area contributed by atoms with Crippen LogP contribution in [0.3, 0.4) is 0 Å². The van der Waals surface area contributed by atoms with E-state index in [0.717, 1.165) is 5.82 Å². The Morgan fingerprint density at radius 1 is 1.18 bits per heavy atom. The molecule has 1 aliphatic heterocycles. The third-order valence-corrected chi connectivity index (χ3v) is 7.18. The Hall–Kier alpha value is -3.19. The lowest BCUT2D eigenvalue weighted by atomic mass is 9.88. The predicted molar refractivity (Wildman–Crippen MR) is 134 cm³/mol. The lowest BCUT2D eigenvalue weighted by molar-refractivity contribution is -0.173. The molecule has 0 amide bonds. The molecule has 1 aliphatic rings. The molecule has 9 nitrogen and oxygen atoms in total. The monoisotopic (exact) mass is 550 g/mol. The maximum atomic E-state index is 12.3. The van der Waals surface area contributed by atoms with E-state index in [9.17, 15) is 18.3 Å². The van der Waals surface area contributed by atoms with Crippen LogP contribution in [0.4, 0.5) is 13.2 Å². The van der Waals surface area contributed by atoms with Crippen LogP contribution < -0.4 is 10.1 Å². The van der Waals surface area contributed by atoms with Gasteiger partial charge < -0.3 is 24.5 Å². The molecule has 0 radical (unpaired) electrons. The number of nitrogens with zero attached hydrogens (tertiary/aromatic N) is 5. The van der Waals surface area contributed by atoms with Gasteiger partial charge in [0, 0.05) is 31.1 Å². The summed E-state index contributed by atoms with van der Waals surface area (Å²) in [5.74, 6) is 2.35. The first-order chi connectivity index (χ1) is 18.0. The molecule has 202 valence electrons. The van der Waals surface area contributed by atoms with Gasteiger partial charge in [0.25, 0.3) is 0 Å². The summed E-state index contributed by atoms with van der Waals surface area (Å²) in [7, 11) is 3.32. The number of rotatable bonds is 8. The van der Waals surface area contributed by atoms with Gasteiger partial charge in [-0.05, 0) is 31.5 Å². The minimum atomic E-state index is -4.37. The van der Waals surface area contributed by atoms with E-state index in [-0.39, 0.29) is 25.6 Å². The SMILES string of the molecule is COc1nc2ccc(C3(O)c4c(nc(C)n4C)-n4c3cnc4C)cc2c(Cl)c1CNCCOCC(F)(F)F. The molecule has 0 fully saturated rings. The normalized spacial score (nSPS) is 16.8. The molecular weight excluding hydrogens is 525 g/mol. The summed E-state index contributed by atoms with van der Waals surface area (Å²) in [5.41, 5.74) is 1.29. The number of pyridine rings is 1. The second-order valence-corrected chi connectivity index (χ2v) is 9.49. The fourth-order valence-electron chi connectivity index (χ4n) is 4.86. The van der Waals surface area contributed by atoms with Gasteiger partial charge in [-0.3, -0.25) is 4.57 Å². The molecule has 0 spiro atoms. The molecule has 0 saturated heterocycles. The van der Waals surface area contributed by atoms with Gasteiger partial charge in [0.05, 0.1) is 36.1 Å². The van der Waals surface area contributed by atoms with E-state index < -0.39 is 18.4 Å². The van der Waals surface area contributed by atoms with Crippen LogP contribution >= 0.6 is 11.6 Å². The van der Waals surface area contributed by atoms with Crippen LogP contribution in [0.5, 0.6) is 5.88 Å². The first-order valence-corrected chi connectivity index (χ1v) is 12.2. The predicted octanol–water partition coefficient (Wildman–Crippen LogP) is 3.70. The topological polar surface area (TPSA) is 99.2 Å². The molecule has 38 heavy (non-hydrogen) atoms. The van der Waals surface area contributed by atoms with E-state index in [4.69, 9.17) is 16.3 Å². The molecule has 4 heterocycles. The largest absolute Gasteiger partial charge is 0.481 e. The molecule has 0 bridgehead atoms. The number of ether oxygens (including phenoxy) is 2. The average Bonchev–Trinajstić information content (AvgIpc) is 3.47. The standard InChI is InChI=1S/C25H26ClF3N6O3/c1-13-31-11-19-25(36,21-22(35(13)19)32-14(2)34(21)3)15-5-6-18-16(9-15)20(26)17(23(33-18)37-4)10-30-7-8-38-12-24(27,28)29/h5-6,9,11,30,36H,7-8,10,12H2,1-4H3. The number of methoxy groups -OCH3 is 1. The Morgan fingerprint density at radius 3 is 2.66 bits per heavy atom. The number of alkyl halides is 3. The Balaban J connectivity index is 1.51. The summed E-state index contributed by atoms with van der Waals surface area (Å²) in [6, 6.07) is 5.32. The number of aliphatic hydroxyl groups is 1. The number of hydrogen-bond acceptors (Lipinski definition) is 7. The smallest absolute Gasteiger partial charge is 0.411 e. The zero-order valence-electron chi connectivity index (χ0n) is 21.1. The summed E-state index contributed by atoms with van der Waals surface area (Å²) >= 11 is 6.83. The van der Waals surface area contributed by atoms with Gasteiger partial charge in [-0.1, -0.05) is 17.7 Å². The summed E-state index contributed by atoms with van der Waals surface area (Å²) in [6.07, 6.45) is -2.73. The highest BCUT2D eigenvalue weighted by Gasteiger charge is 2.49. The van der Waals surface area contributed by atoms with Gasteiger partial charge in [-0.15, -0.1) is 0 Å². The molecule has 1 aromatic carbocycles. The number of benzene rings is 1. The third-order valence-electron chi connectivity index (χ3n) is 6.74. The van der Waals surface area contributed by atoms with Crippen molar-refractivity contribution in [1.29, 1.82) is 0 Å². The molecule has 1 unspecified atom stereocenters. The van der Waals surface area contributed by atoms with E-state index in [0.29, 0.717) is 50.1 Å². The molecule has 13 heteroatoms. The summed E-state index contributed by atoms with van der Waals surface area (Å²) < 4.78 is 50.6. The second-order valence-electron chi connectivity index (χ2n) is 9.12. The first-order valence-electron chi connectivity index (χ1n) is 11.8. The van der Waals surface area contributed by atoms with Crippen molar-refractivity contribution in [3.63, 3.8) is 0 Å². The van der Waals surface area contributed by atoms with Crippen LogP contribution in [0.25, 0.3) is 16.7 Å². The fourth-order valence-corrected chi connectivity index (χ4v) is 5.16. The third kappa shape index (κ3) is 4.21. The highest BCUT2D eigenvalue weighted by atomic mass is 35.5. The van der Waals surface area contributed by atoms with Gasteiger partial charge in [0.2, 0.25) is 5.88 Å². The molecule has 4 aromatic rings. The Labute approximate surface area is 221 Å². The van der Waals surface area contributed by atoms with Gasteiger partial charge in [-0.2, -0.15) is 13.2 Å². The van der Waals surface area contributed by atoms with Crippen molar-refractivity contribution >= 4 is 22.5 Å². The average molecular weight is 551 g/mol. The van der Waals surface area contributed by atoms with Crippen molar-refractivity contribution in [3.05, 3.63) is 63.6 Å². The molecule has 0 aliphatic carbocycles. The van der Waals surface area contributed by atoms with Crippen molar-refractivity contribution in [1.82, 2.24) is 29.4 Å². The molecule has 1 atom stereocenters. The number of aryl methyl sites for hydroxylation is 2. The number of imidazole rings is 2.